The van der Waals surface area contributed by atoms with Gasteiger partial charge in [-0.25, -0.2) is 10.2 Å². The van der Waals surface area contributed by atoms with Crippen LogP contribution in [-0.2, 0) is 18.9 Å². The first-order valence-corrected chi connectivity index (χ1v) is 5.53. The molecular weight excluding hydrogens is 304 g/mol. The summed E-state index contributed by atoms with van der Waals surface area (Å²) in [5, 5.41) is 2.11. The number of hydrazine groups is 1. The molecule has 0 spiro atoms. The van der Waals surface area contributed by atoms with E-state index in [0.29, 0.717) is 12.1 Å². The number of hydrogen-bond donors (Lipinski definition) is 3. The molecule has 0 heterocycles. The highest BCUT2D eigenvalue weighted by Crippen LogP contribution is 2.36. The van der Waals surface area contributed by atoms with E-state index in [4.69, 9.17) is 0 Å². The lowest BCUT2D eigenvalue weighted by Crippen LogP contribution is -2.41. The molecule has 0 radical (unpaired) electrons. The highest BCUT2D eigenvalue weighted by Gasteiger charge is 2.36. The van der Waals surface area contributed by atoms with Gasteiger partial charge in [0.05, 0.1) is 11.1 Å². The maximum absolute atomic E-state index is 12.6. The van der Waals surface area contributed by atoms with Crippen molar-refractivity contribution in [3.63, 3.8) is 0 Å². The van der Waals surface area contributed by atoms with Crippen molar-refractivity contribution in [1.29, 1.82) is 0 Å². The van der Waals surface area contributed by atoms with Gasteiger partial charge in [0, 0.05) is 13.6 Å². The van der Waals surface area contributed by atoms with Crippen LogP contribution in [0.1, 0.15) is 16.7 Å². The molecule has 0 saturated heterocycles. The lowest BCUT2D eigenvalue weighted by Gasteiger charge is -2.14. The molecular formula is C11H11F6N3O. The van der Waals surface area contributed by atoms with E-state index in [0.717, 1.165) is 0 Å². The molecule has 1 aromatic carbocycles. The first-order valence-electron chi connectivity index (χ1n) is 5.53. The number of halogens is 6. The van der Waals surface area contributed by atoms with E-state index >= 15 is 0 Å². The molecule has 0 aliphatic rings. The van der Waals surface area contributed by atoms with Crippen LogP contribution < -0.4 is 16.2 Å². The van der Waals surface area contributed by atoms with Crippen molar-refractivity contribution in [1.82, 2.24) is 16.2 Å². The molecule has 0 fully saturated rings. The molecule has 4 nitrogen and oxygen atoms in total. The van der Waals surface area contributed by atoms with Crippen molar-refractivity contribution in [2.45, 2.75) is 18.9 Å². The van der Waals surface area contributed by atoms with Crippen LogP contribution >= 0.6 is 0 Å². The van der Waals surface area contributed by atoms with Gasteiger partial charge < -0.3 is 5.32 Å². The first-order chi connectivity index (χ1) is 9.54. The van der Waals surface area contributed by atoms with Crippen molar-refractivity contribution in [2.24, 2.45) is 0 Å². The van der Waals surface area contributed by atoms with Crippen LogP contribution in [0.3, 0.4) is 0 Å². The van der Waals surface area contributed by atoms with E-state index in [2.05, 4.69) is 16.2 Å². The number of alkyl halides is 6. The average molecular weight is 315 g/mol. The third-order valence-corrected chi connectivity index (χ3v) is 2.34. The van der Waals surface area contributed by atoms with Crippen molar-refractivity contribution in [3.8, 4) is 0 Å². The summed E-state index contributed by atoms with van der Waals surface area (Å²) in [4.78, 5) is 11.1. The number of nitrogens with one attached hydrogen (secondary N) is 3. The highest BCUT2D eigenvalue weighted by atomic mass is 19.4. The van der Waals surface area contributed by atoms with E-state index in [1.165, 1.54) is 7.05 Å². The Morgan fingerprint density at radius 1 is 1.00 bits per heavy atom. The molecule has 0 aliphatic heterocycles. The third kappa shape index (κ3) is 5.14. The molecule has 0 bridgehead atoms. The Labute approximate surface area is 115 Å². The zero-order valence-electron chi connectivity index (χ0n) is 10.6. The molecule has 1 rings (SSSR count). The minimum Gasteiger partial charge on any atom is -0.333 e. The normalized spacial score (nSPS) is 12.1. The summed E-state index contributed by atoms with van der Waals surface area (Å²) in [5.74, 6) is 0. The summed E-state index contributed by atoms with van der Waals surface area (Å²) in [6.45, 7) is -0.486. The number of carbonyl (C=O) groups excluding carboxylic acids is 1. The topological polar surface area (TPSA) is 53.2 Å². The van der Waals surface area contributed by atoms with Crippen LogP contribution in [0.4, 0.5) is 31.1 Å². The van der Waals surface area contributed by atoms with Crippen molar-refractivity contribution in [2.75, 3.05) is 7.05 Å². The number of hydrogen-bond acceptors (Lipinski definition) is 2. The van der Waals surface area contributed by atoms with Crippen LogP contribution in [0, 0.1) is 0 Å². The SMILES string of the molecule is CNNC(=O)NCc1cc(C(F)(F)F)cc(C(F)(F)F)c1. The standard InChI is InChI=1S/C11H11F6N3O/c1-18-20-9(21)19-5-6-2-7(10(12,13)14)4-8(3-6)11(15,16)17/h2-4,18H,5H2,1H3,(H2,19,20,21). The lowest BCUT2D eigenvalue weighted by molar-refractivity contribution is -0.143. The van der Waals surface area contributed by atoms with Crippen LogP contribution in [0.25, 0.3) is 0 Å². The Morgan fingerprint density at radius 3 is 1.86 bits per heavy atom. The summed E-state index contributed by atoms with van der Waals surface area (Å²) >= 11 is 0. The maximum atomic E-state index is 12.6. The van der Waals surface area contributed by atoms with Gasteiger partial charge in [0.15, 0.2) is 0 Å². The quantitative estimate of drug-likeness (QED) is 0.593. The fraction of sp³-hybridized carbons (Fsp3) is 0.364. The summed E-state index contributed by atoms with van der Waals surface area (Å²) in [6, 6.07) is 0.337. The van der Waals surface area contributed by atoms with E-state index in [-0.39, 0.29) is 11.6 Å². The van der Waals surface area contributed by atoms with Gasteiger partial charge >= 0.3 is 18.4 Å². The molecule has 0 aliphatic carbocycles. The Kier molecular flexibility index (Phi) is 5.05. The molecule has 2 amide bonds. The van der Waals surface area contributed by atoms with Crippen LogP contribution in [0.15, 0.2) is 18.2 Å². The second kappa shape index (κ2) is 6.20. The number of urea groups is 1. The first kappa shape index (κ1) is 17.1. The predicted molar refractivity (Wildman–Crippen MR) is 60.9 cm³/mol. The van der Waals surface area contributed by atoms with E-state index < -0.39 is 36.1 Å². The smallest absolute Gasteiger partial charge is 0.333 e. The summed E-state index contributed by atoms with van der Waals surface area (Å²) < 4.78 is 75.5. The molecule has 3 N–H and O–H groups in total. The molecule has 0 aromatic heterocycles. The van der Waals surface area contributed by atoms with Gasteiger partial charge in [0.2, 0.25) is 0 Å². The van der Waals surface area contributed by atoms with Gasteiger partial charge in [-0.15, -0.1) is 0 Å². The minimum absolute atomic E-state index is 0.0250. The Hall–Kier alpha value is -1.97. The van der Waals surface area contributed by atoms with Gasteiger partial charge in [0.1, 0.15) is 0 Å². The van der Waals surface area contributed by atoms with E-state index in [1.807, 2.05) is 0 Å². The van der Waals surface area contributed by atoms with Gasteiger partial charge in [-0.05, 0) is 23.8 Å². The van der Waals surface area contributed by atoms with Crippen LogP contribution in [0.5, 0.6) is 0 Å². The Morgan fingerprint density at radius 2 is 1.48 bits per heavy atom. The summed E-state index contributed by atoms with van der Waals surface area (Å²) in [6.07, 6.45) is -9.83. The van der Waals surface area contributed by atoms with Crippen LogP contribution in [0.2, 0.25) is 0 Å². The number of carbonyl (C=O) groups is 1. The molecule has 0 unspecified atom stereocenters. The lowest BCUT2D eigenvalue weighted by atomic mass is 10.0. The highest BCUT2D eigenvalue weighted by molar-refractivity contribution is 5.73. The monoisotopic (exact) mass is 315 g/mol. The second-order valence-corrected chi connectivity index (χ2v) is 3.97. The maximum Gasteiger partial charge on any atom is 0.416 e. The van der Waals surface area contributed by atoms with E-state index in [9.17, 15) is 31.1 Å². The van der Waals surface area contributed by atoms with Gasteiger partial charge in [-0.1, -0.05) is 0 Å². The van der Waals surface area contributed by atoms with Crippen molar-refractivity contribution >= 4 is 6.03 Å². The molecule has 0 saturated carbocycles. The molecule has 1 aromatic rings. The van der Waals surface area contributed by atoms with Gasteiger partial charge in [-0.3, -0.25) is 5.43 Å². The number of rotatable bonds is 3. The van der Waals surface area contributed by atoms with Gasteiger partial charge in [0.25, 0.3) is 0 Å². The zero-order valence-corrected chi connectivity index (χ0v) is 10.6. The fourth-order valence-corrected chi connectivity index (χ4v) is 1.46. The Bertz CT molecular complexity index is 479. The molecule has 118 valence electrons. The van der Waals surface area contributed by atoms with Crippen molar-refractivity contribution < 1.29 is 31.1 Å². The van der Waals surface area contributed by atoms with E-state index in [1.54, 1.807) is 0 Å². The zero-order chi connectivity index (χ0) is 16.3. The molecule has 21 heavy (non-hydrogen) atoms. The number of benzene rings is 1. The Balaban J connectivity index is 3.06. The second-order valence-electron chi connectivity index (χ2n) is 3.97. The predicted octanol–water partition coefficient (Wildman–Crippen LogP) is 2.66. The summed E-state index contributed by atoms with van der Waals surface area (Å²) in [5.41, 5.74) is 1.14. The molecule has 0 atom stereocenters. The van der Waals surface area contributed by atoms with Gasteiger partial charge in [-0.2, -0.15) is 26.3 Å². The number of amides is 2. The molecule has 10 heteroatoms. The fourth-order valence-electron chi connectivity index (χ4n) is 1.46. The largest absolute Gasteiger partial charge is 0.416 e. The van der Waals surface area contributed by atoms with Crippen molar-refractivity contribution in [3.05, 3.63) is 34.9 Å². The minimum atomic E-state index is -4.91. The summed E-state index contributed by atoms with van der Waals surface area (Å²) in [7, 11) is 1.37. The average Bonchev–Trinajstić information content (AvgIpc) is 2.34. The van der Waals surface area contributed by atoms with Crippen LogP contribution in [-0.4, -0.2) is 13.1 Å². The third-order valence-electron chi connectivity index (χ3n) is 2.34.